The van der Waals surface area contributed by atoms with Crippen molar-refractivity contribution in [1.29, 1.82) is 0 Å². The third-order valence-electron chi connectivity index (χ3n) is 2.84. The molecule has 0 saturated carbocycles. The zero-order valence-corrected chi connectivity index (χ0v) is 12.4. The van der Waals surface area contributed by atoms with E-state index in [2.05, 4.69) is 0 Å². The molecule has 0 aliphatic rings. The molecule has 0 unspecified atom stereocenters. The van der Waals surface area contributed by atoms with Crippen LogP contribution in [0.5, 0.6) is 17.2 Å². The van der Waals surface area contributed by atoms with Crippen molar-refractivity contribution in [1.82, 2.24) is 0 Å². The fraction of sp³-hybridized carbons (Fsp3) is 0.200. The number of methoxy groups -OCH3 is 2. The van der Waals surface area contributed by atoms with Gasteiger partial charge < -0.3 is 19.0 Å². The van der Waals surface area contributed by atoms with Gasteiger partial charge in [-0.05, 0) is 11.6 Å². The van der Waals surface area contributed by atoms with Gasteiger partial charge in [0.1, 0.15) is 6.61 Å². The highest BCUT2D eigenvalue weighted by molar-refractivity contribution is 6.47. The van der Waals surface area contributed by atoms with Crippen LogP contribution in [0, 0.1) is 0 Å². The molecule has 0 spiro atoms. The molecule has 4 nitrogen and oxygen atoms in total. The maximum Gasteiger partial charge on any atom is 0.269 e. The predicted octanol–water partition coefficient (Wildman–Crippen LogP) is 1.52. The Morgan fingerprint density at radius 2 is 1.65 bits per heavy atom. The van der Waals surface area contributed by atoms with Gasteiger partial charge in [-0.15, -0.1) is 0 Å². The summed E-state index contributed by atoms with van der Waals surface area (Å²) in [6, 6.07) is 13.4. The molecule has 2 rings (SSSR count). The molecule has 104 valence electrons. The van der Waals surface area contributed by atoms with Crippen LogP contribution < -0.4 is 19.4 Å². The summed E-state index contributed by atoms with van der Waals surface area (Å²) >= 11 is 0. The van der Waals surface area contributed by atoms with Crippen molar-refractivity contribution in [2.24, 2.45) is 0 Å². The first-order valence-electron chi connectivity index (χ1n) is 6.12. The molecule has 0 atom stereocenters. The smallest absolute Gasteiger partial charge is 0.269 e. The van der Waals surface area contributed by atoms with Gasteiger partial charge in [0.05, 0.1) is 14.2 Å². The van der Waals surface area contributed by atoms with Crippen LogP contribution in [0.4, 0.5) is 0 Å². The van der Waals surface area contributed by atoms with E-state index in [1.165, 1.54) is 0 Å². The number of hydrogen-bond donors (Lipinski definition) is 1. The van der Waals surface area contributed by atoms with E-state index in [0.717, 1.165) is 5.56 Å². The Balaban J connectivity index is 2.23. The largest absolute Gasteiger partial charge is 0.493 e. The Hall–Kier alpha value is -1.98. The van der Waals surface area contributed by atoms with E-state index < -0.39 is 0 Å². The van der Waals surface area contributed by atoms with Crippen LogP contribution in [0.15, 0.2) is 42.5 Å². The van der Waals surface area contributed by atoms with Crippen LogP contribution in [0.25, 0.3) is 0 Å². The molecule has 20 heavy (non-hydrogen) atoms. The fourth-order valence-corrected chi connectivity index (χ4v) is 2.35. The van der Waals surface area contributed by atoms with Gasteiger partial charge in [0, 0.05) is 5.19 Å². The van der Waals surface area contributed by atoms with Crippen molar-refractivity contribution >= 4 is 14.9 Å². The Labute approximate surface area is 120 Å². The van der Waals surface area contributed by atoms with Crippen molar-refractivity contribution in [2.75, 3.05) is 14.2 Å². The van der Waals surface area contributed by atoms with E-state index >= 15 is 0 Å². The first-order chi connectivity index (χ1) is 9.80. The summed E-state index contributed by atoms with van der Waals surface area (Å²) in [7, 11) is 2.74. The standard InChI is InChI=1S/C15H16O4Si/c1-17-14-12(8-9-13(20-16)15(14)18-2)19-10-11-6-4-3-5-7-11/h3-9,16H,10H2,1-2H3. The van der Waals surface area contributed by atoms with Crippen molar-refractivity contribution in [3.8, 4) is 17.2 Å². The van der Waals surface area contributed by atoms with Gasteiger partial charge in [-0.1, -0.05) is 36.4 Å². The molecule has 2 aromatic rings. The normalized spacial score (nSPS) is 10.2. The zero-order chi connectivity index (χ0) is 14.4. The quantitative estimate of drug-likeness (QED) is 0.819. The molecule has 2 aromatic carbocycles. The van der Waals surface area contributed by atoms with Gasteiger partial charge in [0.2, 0.25) is 5.75 Å². The van der Waals surface area contributed by atoms with Crippen molar-refractivity contribution in [3.05, 3.63) is 48.0 Å². The monoisotopic (exact) mass is 288 g/mol. The van der Waals surface area contributed by atoms with Crippen LogP contribution in [-0.4, -0.2) is 28.8 Å². The Morgan fingerprint density at radius 1 is 0.950 bits per heavy atom. The lowest BCUT2D eigenvalue weighted by molar-refractivity contribution is 0.276. The Bertz CT molecular complexity index is 557. The van der Waals surface area contributed by atoms with Crippen LogP contribution >= 0.6 is 0 Å². The maximum absolute atomic E-state index is 9.32. The van der Waals surface area contributed by atoms with Gasteiger partial charge in [-0.25, -0.2) is 0 Å². The second-order valence-corrected chi connectivity index (χ2v) is 4.83. The predicted molar refractivity (Wildman–Crippen MR) is 77.9 cm³/mol. The summed E-state index contributed by atoms with van der Waals surface area (Å²) in [5, 5.41) is 0.691. The third-order valence-corrected chi connectivity index (χ3v) is 3.48. The minimum absolute atomic E-state index is 0.354. The fourth-order valence-electron chi connectivity index (χ4n) is 1.88. The third kappa shape index (κ3) is 3.12. The van der Waals surface area contributed by atoms with E-state index in [-0.39, 0.29) is 9.76 Å². The molecule has 0 fully saturated rings. The highest BCUT2D eigenvalue weighted by Gasteiger charge is 2.16. The molecule has 0 saturated heterocycles. The van der Waals surface area contributed by atoms with E-state index in [9.17, 15) is 4.80 Å². The van der Waals surface area contributed by atoms with Gasteiger partial charge in [-0.2, -0.15) is 0 Å². The van der Waals surface area contributed by atoms with Gasteiger partial charge in [0.25, 0.3) is 9.76 Å². The first-order valence-corrected chi connectivity index (χ1v) is 7.06. The molecule has 0 heterocycles. The molecular weight excluding hydrogens is 272 g/mol. The summed E-state index contributed by atoms with van der Waals surface area (Å²) in [6.45, 7) is 0.446. The SMILES string of the molecule is COc1c(OCc2ccccc2)ccc([Si]O)c1OC. The molecule has 5 heteroatoms. The number of ether oxygens (including phenoxy) is 3. The lowest BCUT2D eigenvalue weighted by atomic mass is 10.2. The summed E-state index contributed by atoms with van der Waals surface area (Å²) < 4.78 is 16.4. The summed E-state index contributed by atoms with van der Waals surface area (Å²) in [4.78, 5) is 9.32. The zero-order valence-electron chi connectivity index (χ0n) is 11.4. The molecule has 0 aromatic heterocycles. The lowest BCUT2D eigenvalue weighted by Crippen LogP contribution is -2.17. The van der Waals surface area contributed by atoms with Gasteiger partial charge in [-0.3, -0.25) is 0 Å². The minimum Gasteiger partial charge on any atom is -0.493 e. The van der Waals surface area contributed by atoms with Crippen molar-refractivity contribution < 1.29 is 19.0 Å². The highest BCUT2D eigenvalue weighted by atomic mass is 28.2. The number of hydrogen-bond acceptors (Lipinski definition) is 4. The van der Waals surface area contributed by atoms with E-state index in [1.54, 1.807) is 26.4 Å². The van der Waals surface area contributed by atoms with Gasteiger partial charge in [0.15, 0.2) is 11.5 Å². The maximum atomic E-state index is 9.32. The molecule has 0 bridgehead atoms. The number of rotatable bonds is 6. The van der Waals surface area contributed by atoms with Crippen LogP contribution in [-0.2, 0) is 6.61 Å². The van der Waals surface area contributed by atoms with E-state index in [1.807, 2.05) is 30.3 Å². The average Bonchev–Trinajstić information content (AvgIpc) is 2.52. The molecule has 0 amide bonds. The lowest BCUT2D eigenvalue weighted by Gasteiger charge is -2.15. The van der Waals surface area contributed by atoms with E-state index in [0.29, 0.717) is 29.0 Å². The van der Waals surface area contributed by atoms with Gasteiger partial charge >= 0.3 is 0 Å². The molecular formula is C15H16O4Si. The van der Waals surface area contributed by atoms with Crippen molar-refractivity contribution in [3.63, 3.8) is 0 Å². The second-order valence-electron chi connectivity index (χ2n) is 4.06. The van der Waals surface area contributed by atoms with Crippen LogP contribution in [0.2, 0.25) is 0 Å². The highest BCUT2D eigenvalue weighted by Crippen LogP contribution is 2.35. The summed E-state index contributed by atoms with van der Waals surface area (Å²) in [6.07, 6.45) is 0. The van der Waals surface area contributed by atoms with E-state index in [4.69, 9.17) is 14.2 Å². The molecule has 0 aliphatic carbocycles. The molecule has 2 radical (unpaired) electrons. The molecule has 1 N–H and O–H groups in total. The first kappa shape index (κ1) is 14.4. The minimum atomic E-state index is -0.354. The average molecular weight is 288 g/mol. The van der Waals surface area contributed by atoms with Crippen molar-refractivity contribution in [2.45, 2.75) is 6.61 Å². The second kappa shape index (κ2) is 6.98. The molecule has 0 aliphatic heterocycles. The van der Waals surface area contributed by atoms with Crippen LogP contribution in [0.3, 0.4) is 0 Å². The topological polar surface area (TPSA) is 47.9 Å². The van der Waals surface area contributed by atoms with Crippen LogP contribution in [0.1, 0.15) is 5.56 Å². The summed E-state index contributed by atoms with van der Waals surface area (Å²) in [5.74, 6) is 1.61. The summed E-state index contributed by atoms with van der Waals surface area (Å²) in [5.41, 5.74) is 1.07. The Kier molecular flexibility index (Phi) is 5.03. The Morgan fingerprint density at radius 3 is 2.25 bits per heavy atom. The number of benzene rings is 2.